The van der Waals surface area contributed by atoms with Crippen molar-refractivity contribution in [3.63, 3.8) is 0 Å². The number of methoxy groups -OCH3 is 1. The Bertz CT molecular complexity index is 417. The van der Waals surface area contributed by atoms with E-state index in [4.69, 9.17) is 15.2 Å². The Balaban J connectivity index is 2.11. The number of rotatable bonds is 4. The number of aryl methyl sites for hydroxylation is 1. The van der Waals surface area contributed by atoms with Gasteiger partial charge < -0.3 is 15.2 Å². The lowest BCUT2D eigenvalue weighted by Crippen LogP contribution is -2.59. The molecule has 0 amide bonds. The van der Waals surface area contributed by atoms with Gasteiger partial charge in [0.15, 0.2) is 0 Å². The van der Waals surface area contributed by atoms with Crippen LogP contribution < -0.4 is 10.5 Å². The maximum atomic E-state index is 6.04. The summed E-state index contributed by atoms with van der Waals surface area (Å²) < 4.78 is 11.4. The van der Waals surface area contributed by atoms with E-state index in [9.17, 15) is 0 Å². The zero-order valence-electron chi connectivity index (χ0n) is 11.6. The molecule has 0 aromatic heterocycles. The van der Waals surface area contributed by atoms with Gasteiger partial charge in [0.25, 0.3) is 0 Å². The van der Waals surface area contributed by atoms with Gasteiger partial charge in [0.05, 0.1) is 0 Å². The average Bonchev–Trinajstić information content (AvgIpc) is 2.31. The van der Waals surface area contributed by atoms with Crippen molar-refractivity contribution >= 4 is 0 Å². The first-order valence-electron chi connectivity index (χ1n) is 6.58. The minimum absolute atomic E-state index is 0.0205. The Morgan fingerprint density at radius 3 is 2.61 bits per heavy atom. The molecule has 1 aromatic carbocycles. The lowest BCUT2D eigenvalue weighted by atomic mass is 9.86. The van der Waals surface area contributed by atoms with Gasteiger partial charge in [-0.25, -0.2) is 0 Å². The molecule has 0 aliphatic heterocycles. The molecule has 1 saturated carbocycles. The van der Waals surface area contributed by atoms with E-state index >= 15 is 0 Å². The lowest BCUT2D eigenvalue weighted by molar-refractivity contribution is -0.0784. The molecule has 0 spiro atoms. The number of benzene rings is 1. The molecule has 0 heterocycles. The molecule has 18 heavy (non-hydrogen) atoms. The van der Waals surface area contributed by atoms with Crippen LogP contribution in [-0.4, -0.2) is 25.4 Å². The van der Waals surface area contributed by atoms with Crippen LogP contribution >= 0.6 is 0 Å². The Labute approximate surface area is 109 Å². The quantitative estimate of drug-likeness (QED) is 0.892. The second-order valence-corrected chi connectivity index (χ2v) is 5.44. The highest BCUT2D eigenvalue weighted by atomic mass is 16.5. The van der Waals surface area contributed by atoms with Crippen LogP contribution in [0, 0.1) is 6.92 Å². The lowest BCUT2D eigenvalue weighted by Gasteiger charge is -2.41. The Morgan fingerprint density at radius 1 is 1.33 bits per heavy atom. The van der Waals surface area contributed by atoms with E-state index in [1.165, 1.54) is 5.56 Å². The molecule has 1 fully saturated rings. The van der Waals surface area contributed by atoms with E-state index in [0.717, 1.165) is 17.7 Å². The Morgan fingerprint density at radius 2 is 2.06 bits per heavy atom. The van der Waals surface area contributed by atoms with Crippen molar-refractivity contribution in [2.24, 2.45) is 5.73 Å². The molecule has 3 nitrogen and oxygen atoms in total. The van der Waals surface area contributed by atoms with Crippen molar-refractivity contribution in [3.05, 3.63) is 29.3 Å². The van der Waals surface area contributed by atoms with Crippen molar-refractivity contribution in [2.45, 2.75) is 51.4 Å². The van der Waals surface area contributed by atoms with Crippen molar-refractivity contribution in [2.75, 3.05) is 7.11 Å². The summed E-state index contributed by atoms with van der Waals surface area (Å²) in [6.45, 7) is 6.44. The third kappa shape index (κ3) is 2.52. The highest BCUT2D eigenvalue weighted by Crippen LogP contribution is 2.31. The van der Waals surface area contributed by atoms with Gasteiger partial charge in [-0.3, -0.25) is 0 Å². The van der Waals surface area contributed by atoms with Gasteiger partial charge in [-0.2, -0.15) is 0 Å². The van der Waals surface area contributed by atoms with Gasteiger partial charge in [0.1, 0.15) is 18.0 Å². The SMILES string of the molecule is COC1C(N)CC1Oc1cc(C(C)C)ccc1C. The number of nitrogens with two attached hydrogens (primary N) is 1. The summed E-state index contributed by atoms with van der Waals surface area (Å²) in [6.07, 6.45) is 0.974. The smallest absolute Gasteiger partial charge is 0.128 e. The van der Waals surface area contributed by atoms with E-state index in [1.54, 1.807) is 7.11 Å². The zero-order chi connectivity index (χ0) is 13.3. The summed E-state index contributed by atoms with van der Waals surface area (Å²) >= 11 is 0. The van der Waals surface area contributed by atoms with Gasteiger partial charge in [-0.05, 0) is 30.0 Å². The average molecular weight is 249 g/mol. The third-order valence-electron chi connectivity index (χ3n) is 3.72. The molecule has 1 aromatic rings. The predicted molar refractivity (Wildman–Crippen MR) is 73.1 cm³/mol. The summed E-state index contributed by atoms with van der Waals surface area (Å²) in [6, 6.07) is 6.52. The first-order chi connectivity index (χ1) is 8.52. The van der Waals surface area contributed by atoms with E-state index in [1.807, 2.05) is 0 Å². The highest BCUT2D eigenvalue weighted by Gasteiger charge is 2.41. The van der Waals surface area contributed by atoms with Crippen LogP contribution in [0.2, 0.25) is 0 Å². The van der Waals surface area contributed by atoms with Crippen LogP contribution in [0.1, 0.15) is 37.3 Å². The van der Waals surface area contributed by atoms with E-state index in [2.05, 4.69) is 39.0 Å². The molecule has 100 valence electrons. The van der Waals surface area contributed by atoms with E-state index < -0.39 is 0 Å². The normalized spacial score (nSPS) is 27.1. The molecule has 1 aliphatic carbocycles. The highest BCUT2D eigenvalue weighted by molar-refractivity contribution is 5.38. The first kappa shape index (κ1) is 13.4. The minimum atomic E-state index is 0.0205. The van der Waals surface area contributed by atoms with Crippen LogP contribution in [0.5, 0.6) is 5.75 Å². The van der Waals surface area contributed by atoms with Crippen molar-refractivity contribution < 1.29 is 9.47 Å². The van der Waals surface area contributed by atoms with Crippen LogP contribution in [-0.2, 0) is 4.74 Å². The predicted octanol–water partition coefficient (Wildman–Crippen LogP) is 2.61. The first-order valence-corrected chi connectivity index (χ1v) is 6.58. The fourth-order valence-electron chi connectivity index (χ4n) is 2.32. The number of ether oxygens (including phenoxy) is 2. The van der Waals surface area contributed by atoms with Gasteiger partial charge in [-0.1, -0.05) is 26.0 Å². The van der Waals surface area contributed by atoms with E-state index in [-0.39, 0.29) is 18.2 Å². The second kappa shape index (κ2) is 5.29. The van der Waals surface area contributed by atoms with Crippen LogP contribution in [0.4, 0.5) is 0 Å². The molecule has 0 saturated heterocycles. The zero-order valence-corrected chi connectivity index (χ0v) is 11.6. The molecule has 0 bridgehead atoms. The van der Waals surface area contributed by atoms with Gasteiger partial charge in [0, 0.05) is 19.6 Å². The molecule has 0 radical (unpaired) electrons. The second-order valence-electron chi connectivity index (χ2n) is 5.44. The van der Waals surface area contributed by atoms with Crippen LogP contribution in [0.15, 0.2) is 18.2 Å². The summed E-state index contributed by atoms with van der Waals surface area (Å²) in [7, 11) is 1.69. The summed E-state index contributed by atoms with van der Waals surface area (Å²) in [5, 5.41) is 0. The third-order valence-corrected chi connectivity index (χ3v) is 3.72. The summed E-state index contributed by atoms with van der Waals surface area (Å²) in [5.41, 5.74) is 8.35. The molecule has 1 aliphatic rings. The largest absolute Gasteiger partial charge is 0.487 e. The maximum absolute atomic E-state index is 6.04. The maximum Gasteiger partial charge on any atom is 0.128 e. The van der Waals surface area contributed by atoms with Gasteiger partial charge in [0.2, 0.25) is 0 Å². The van der Waals surface area contributed by atoms with Crippen molar-refractivity contribution in [1.82, 2.24) is 0 Å². The molecule has 3 atom stereocenters. The molecular formula is C15H23NO2. The van der Waals surface area contributed by atoms with Crippen LogP contribution in [0.25, 0.3) is 0 Å². The minimum Gasteiger partial charge on any atom is -0.487 e. The fraction of sp³-hybridized carbons (Fsp3) is 0.600. The van der Waals surface area contributed by atoms with Gasteiger partial charge in [-0.15, -0.1) is 0 Å². The Hall–Kier alpha value is -1.06. The Kier molecular flexibility index (Phi) is 3.93. The molecule has 2 N–H and O–H groups in total. The summed E-state index contributed by atoms with van der Waals surface area (Å²) in [5.74, 6) is 1.47. The fourth-order valence-corrected chi connectivity index (χ4v) is 2.32. The van der Waals surface area contributed by atoms with Crippen molar-refractivity contribution in [1.29, 1.82) is 0 Å². The molecule has 3 heteroatoms. The molecule has 3 unspecified atom stereocenters. The standard InChI is InChI=1S/C15H23NO2/c1-9(2)11-6-5-10(3)13(7-11)18-14-8-12(16)15(14)17-4/h5-7,9,12,14-15H,8,16H2,1-4H3. The van der Waals surface area contributed by atoms with Crippen LogP contribution in [0.3, 0.4) is 0 Å². The van der Waals surface area contributed by atoms with E-state index in [0.29, 0.717) is 5.92 Å². The topological polar surface area (TPSA) is 44.5 Å². The summed E-state index contributed by atoms with van der Waals surface area (Å²) in [4.78, 5) is 0. The monoisotopic (exact) mass is 249 g/mol. The van der Waals surface area contributed by atoms with Gasteiger partial charge >= 0.3 is 0 Å². The van der Waals surface area contributed by atoms with Crippen molar-refractivity contribution in [3.8, 4) is 5.75 Å². The number of hydrogen-bond donors (Lipinski definition) is 1. The molecule has 2 rings (SSSR count). The number of hydrogen-bond acceptors (Lipinski definition) is 3. The molecular weight excluding hydrogens is 226 g/mol.